The molecule has 0 fully saturated rings. The molecule has 0 amide bonds. The van der Waals surface area contributed by atoms with Crippen LogP contribution in [0.15, 0.2) is 54.6 Å². The molecule has 2 aromatic carbocycles. The third-order valence-corrected chi connectivity index (χ3v) is 2.93. The fraction of sp³-hybridized carbons (Fsp3) is 0.250. The molecule has 0 heterocycles. The Hall–Kier alpha value is -1.98. The maximum absolute atomic E-state index is 12.2. The van der Waals surface area contributed by atoms with Crippen LogP contribution in [0.2, 0.25) is 0 Å². The maximum atomic E-state index is 12.2. The number of benzene rings is 2. The summed E-state index contributed by atoms with van der Waals surface area (Å²) in [5, 5.41) is 0. The van der Waals surface area contributed by atoms with E-state index in [2.05, 4.69) is 10.2 Å². The van der Waals surface area contributed by atoms with Crippen LogP contribution in [0.25, 0.3) is 0 Å². The summed E-state index contributed by atoms with van der Waals surface area (Å²) in [6.07, 6.45) is 0. The Morgan fingerprint density at radius 3 is 2.52 bits per heavy atom. The first kappa shape index (κ1) is 15.4. The number of hydroxylamine groups is 1. The van der Waals surface area contributed by atoms with Gasteiger partial charge in [0.2, 0.25) is 0 Å². The number of hydrogen-bond acceptors (Lipinski definition) is 3. The zero-order chi connectivity index (χ0) is 15.1. The van der Waals surface area contributed by atoms with E-state index in [0.29, 0.717) is 6.61 Å². The number of rotatable bonds is 7. The lowest BCUT2D eigenvalue weighted by atomic mass is 10.1. The Morgan fingerprint density at radius 1 is 1.05 bits per heavy atom. The van der Waals surface area contributed by atoms with E-state index in [1.54, 1.807) is 12.1 Å². The van der Waals surface area contributed by atoms with Gasteiger partial charge in [-0.05, 0) is 30.2 Å². The molecule has 112 valence electrons. The molecular formula is C16H17F2NO2. The normalized spacial score (nSPS) is 12.4. The summed E-state index contributed by atoms with van der Waals surface area (Å²) < 4.78 is 28.7. The molecule has 2 aromatic rings. The molecular weight excluding hydrogens is 276 g/mol. The van der Waals surface area contributed by atoms with Crippen molar-refractivity contribution in [1.82, 2.24) is 5.48 Å². The second-order valence-corrected chi connectivity index (χ2v) is 4.56. The highest BCUT2D eigenvalue weighted by molar-refractivity contribution is 5.30. The Balaban J connectivity index is 1.86. The molecule has 0 saturated carbocycles. The molecule has 21 heavy (non-hydrogen) atoms. The summed E-state index contributed by atoms with van der Waals surface area (Å²) in [5.41, 5.74) is 4.74. The van der Waals surface area contributed by atoms with Crippen molar-refractivity contribution in [1.29, 1.82) is 0 Å². The molecule has 5 heteroatoms. The van der Waals surface area contributed by atoms with Gasteiger partial charge in [0, 0.05) is 0 Å². The molecule has 0 spiro atoms. The first-order chi connectivity index (χ1) is 10.1. The number of alkyl halides is 2. The average molecular weight is 293 g/mol. The molecule has 0 aliphatic rings. The topological polar surface area (TPSA) is 30.5 Å². The lowest BCUT2D eigenvalue weighted by Gasteiger charge is -2.15. The van der Waals surface area contributed by atoms with Crippen LogP contribution in [0.1, 0.15) is 24.1 Å². The second-order valence-electron chi connectivity index (χ2n) is 4.56. The predicted molar refractivity (Wildman–Crippen MR) is 75.9 cm³/mol. The minimum Gasteiger partial charge on any atom is -0.435 e. The summed E-state index contributed by atoms with van der Waals surface area (Å²) >= 11 is 0. The molecule has 2 rings (SSSR count). The van der Waals surface area contributed by atoms with Crippen molar-refractivity contribution in [2.75, 3.05) is 0 Å². The van der Waals surface area contributed by atoms with Crippen LogP contribution in [-0.2, 0) is 11.4 Å². The highest BCUT2D eigenvalue weighted by Crippen LogP contribution is 2.20. The van der Waals surface area contributed by atoms with Crippen LogP contribution >= 0.6 is 0 Å². The van der Waals surface area contributed by atoms with Gasteiger partial charge < -0.3 is 4.74 Å². The molecule has 0 aliphatic heterocycles. The van der Waals surface area contributed by atoms with Crippen molar-refractivity contribution in [3.05, 3.63) is 65.7 Å². The first-order valence-corrected chi connectivity index (χ1v) is 6.61. The predicted octanol–water partition coefficient (Wildman–Crippen LogP) is 4.07. The van der Waals surface area contributed by atoms with Gasteiger partial charge in [-0.15, -0.1) is 0 Å². The molecule has 0 bridgehead atoms. The van der Waals surface area contributed by atoms with E-state index in [4.69, 9.17) is 4.84 Å². The molecule has 0 aromatic heterocycles. The van der Waals surface area contributed by atoms with Gasteiger partial charge in [-0.1, -0.05) is 42.5 Å². The molecule has 3 nitrogen and oxygen atoms in total. The van der Waals surface area contributed by atoms with E-state index in [1.165, 1.54) is 6.07 Å². The van der Waals surface area contributed by atoms with Crippen molar-refractivity contribution in [3.8, 4) is 5.75 Å². The van der Waals surface area contributed by atoms with Crippen molar-refractivity contribution >= 4 is 0 Å². The summed E-state index contributed by atoms with van der Waals surface area (Å²) in [7, 11) is 0. The summed E-state index contributed by atoms with van der Waals surface area (Å²) in [5.74, 6) is 0.138. The van der Waals surface area contributed by atoms with Gasteiger partial charge in [-0.25, -0.2) is 0 Å². The monoisotopic (exact) mass is 293 g/mol. The minimum atomic E-state index is -2.82. The van der Waals surface area contributed by atoms with Crippen LogP contribution < -0.4 is 10.2 Å². The summed E-state index contributed by atoms with van der Waals surface area (Å²) in [6, 6.07) is 16.1. The van der Waals surface area contributed by atoms with Crippen molar-refractivity contribution in [3.63, 3.8) is 0 Å². The van der Waals surface area contributed by atoms with Gasteiger partial charge in [0.05, 0.1) is 12.6 Å². The molecule has 0 aliphatic carbocycles. The summed E-state index contributed by atoms with van der Waals surface area (Å²) in [4.78, 5) is 5.42. The quantitative estimate of drug-likeness (QED) is 0.781. The van der Waals surface area contributed by atoms with Gasteiger partial charge >= 0.3 is 6.61 Å². The van der Waals surface area contributed by atoms with Crippen LogP contribution in [0.5, 0.6) is 5.75 Å². The summed E-state index contributed by atoms with van der Waals surface area (Å²) in [6.45, 7) is -0.511. The molecule has 1 atom stereocenters. The van der Waals surface area contributed by atoms with Crippen LogP contribution in [-0.4, -0.2) is 6.61 Å². The van der Waals surface area contributed by atoms with Crippen molar-refractivity contribution < 1.29 is 18.4 Å². The highest BCUT2D eigenvalue weighted by atomic mass is 19.3. The van der Waals surface area contributed by atoms with Crippen molar-refractivity contribution in [2.24, 2.45) is 0 Å². The van der Waals surface area contributed by atoms with Gasteiger partial charge in [0.25, 0.3) is 0 Å². The van der Waals surface area contributed by atoms with Gasteiger partial charge in [-0.3, -0.25) is 4.84 Å². The zero-order valence-corrected chi connectivity index (χ0v) is 11.6. The van der Waals surface area contributed by atoms with Crippen LogP contribution in [0.3, 0.4) is 0 Å². The number of ether oxygens (including phenoxy) is 1. The fourth-order valence-electron chi connectivity index (χ4n) is 1.85. The smallest absolute Gasteiger partial charge is 0.387 e. The van der Waals surface area contributed by atoms with E-state index in [-0.39, 0.29) is 11.8 Å². The van der Waals surface area contributed by atoms with Gasteiger partial charge in [0.15, 0.2) is 0 Å². The maximum Gasteiger partial charge on any atom is 0.387 e. The third-order valence-electron chi connectivity index (χ3n) is 2.93. The molecule has 0 radical (unpaired) electrons. The third kappa shape index (κ3) is 5.13. The minimum absolute atomic E-state index is 0.138. The first-order valence-electron chi connectivity index (χ1n) is 6.61. The lowest BCUT2D eigenvalue weighted by molar-refractivity contribution is -0.0499. The number of halogens is 2. The highest BCUT2D eigenvalue weighted by Gasteiger charge is 2.09. The largest absolute Gasteiger partial charge is 0.435 e. The average Bonchev–Trinajstić information content (AvgIpc) is 2.48. The van der Waals surface area contributed by atoms with Gasteiger partial charge in [-0.2, -0.15) is 14.3 Å². The Morgan fingerprint density at radius 2 is 1.81 bits per heavy atom. The molecule has 1 N–H and O–H groups in total. The van der Waals surface area contributed by atoms with E-state index in [1.807, 2.05) is 43.3 Å². The Kier molecular flexibility index (Phi) is 5.66. The number of nitrogens with one attached hydrogen (secondary N) is 1. The van der Waals surface area contributed by atoms with E-state index in [9.17, 15) is 8.78 Å². The van der Waals surface area contributed by atoms with E-state index < -0.39 is 6.61 Å². The molecule has 1 unspecified atom stereocenters. The van der Waals surface area contributed by atoms with E-state index in [0.717, 1.165) is 11.1 Å². The van der Waals surface area contributed by atoms with Crippen LogP contribution in [0.4, 0.5) is 8.78 Å². The van der Waals surface area contributed by atoms with Gasteiger partial charge in [0.1, 0.15) is 5.75 Å². The standard InChI is InChI=1S/C16H17F2NO2/c1-12(19-20-11-13-6-3-2-4-7-13)14-8-5-9-15(10-14)21-16(17)18/h2-10,12,16,19H,11H2,1H3. The van der Waals surface area contributed by atoms with Crippen LogP contribution in [0, 0.1) is 0 Å². The SMILES string of the molecule is CC(NOCc1ccccc1)c1cccc(OC(F)F)c1. The lowest BCUT2D eigenvalue weighted by Crippen LogP contribution is -2.19. The van der Waals surface area contributed by atoms with Crippen molar-refractivity contribution in [2.45, 2.75) is 26.2 Å². The zero-order valence-electron chi connectivity index (χ0n) is 11.6. The van der Waals surface area contributed by atoms with E-state index >= 15 is 0 Å². The number of hydrogen-bond donors (Lipinski definition) is 1. The Bertz CT molecular complexity index is 549. The molecule has 0 saturated heterocycles. The fourth-order valence-corrected chi connectivity index (χ4v) is 1.85. The second kappa shape index (κ2) is 7.71. The Labute approximate surface area is 122 Å².